The summed E-state index contributed by atoms with van der Waals surface area (Å²) >= 11 is 0. The molecule has 1 aromatic heterocycles. The summed E-state index contributed by atoms with van der Waals surface area (Å²) in [5.74, 6) is 0.119. The van der Waals surface area contributed by atoms with Crippen LogP contribution in [0.15, 0.2) is 48.5 Å². The van der Waals surface area contributed by atoms with Gasteiger partial charge in [-0.2, -0.15) is 0 Å². The first kappa shape index (κ1) is 18.4. The third-order valence-corrected chi connectivity index (χ3v) is 4.51. The first-order valence-electron chi connectivity index (χ1n) is 8.67. The number of aromatic amines is 1. The number of hydrogen-bond acceptors (Lipinski definition) is 4. The number of fused-ring (bicyclic) bond motifs is 1. The van der Waals surface area contributed by atoms with Crippen LogP contribution >= 0.6 is 0 Å². The SMILES string of the molecule is Cc1[nH]c2ccccc2c1[C@H](C)CNC(=O)OCc1ccc([N+](=O)[O-])cc1. The summed E-state index contributed by atoms with van der Waals surface area (Å²) in [5.41, 5.74) is 4.05. The van der Waals surface area contributed by atoms with Crippen molar-refractivity contribution in [3.63, 3.8) is 0 Å². The Labute approximate surface area is 156 Å². The van der Waals surface area contributed by atoms with Crippen LogP contribution in [0.1, 0.15) is 29.7 Å². The van der Waals surface area contributed by atoms with Crippen LogP contribution in [0.25, 0.3) is 10.9 Å². The number of rotatable bonds is 6. The van der Waals surface area contributed by atoms with Crippen molar-refractivity contribution in [1.82, 2.24) is 10.3 Å². The van der Waals surface area contributed by atoms with Crippen LogP contribution in [0.4, 0.5) is 10.5 Å². The number of hydrogen-bond donors (Lipinski definition) is 2. The number of ether oxygens (including phenoxy) is 1. The minimum Gasteiger partial charge on any atom is -0.445 e. The molecule has 7 heteroatoms. The fraction of sp³-hybridized carbons (Fsp3) is 0.250. The van der Waals surface area contributed by atoms with E-state index < -0.39 is 11.0 Å². The first-order chi connectivity index (χ1) is 13.0. The van der Waals surface area contributed by atoms with E-state index in [1.165, 1.54) is 17.7 Å². The molecular weight excluding hydrogens is 346 g/mol. The molecule has 0 saturated carbocycles. The average molecular weight is 367 g/mol. The Balaban J connectivity index is 1.54. The van der Waals surface area contributed by atoms with Gasteiger partial charge in [0, 0.05) is 41.2 Å². The number of nitrogens with one attached hydrogen (secondary N) is 2. The lowest BCUT2D eigenvalue weighted by Gasteiger charge is -2.14. The number of nitro benzene ring substituents is 1. The molecule has 1 heterocycles. The molecule has 1 amide bonds. The molecule has 0 saturated heterocycles. The van der Waals surface area contributed by atoms with E-state index in [1.54, 1.807) is 12.1 Å². The van der Waals surface area contributed by atoms with Gasteiger partial charge in [-0.15, -0.1) is 0 Å². The lowest BCUT2D eigenvalue weighted by atomic mass is 9.98. The summed E-state index contributed by atoms with van der Waals surface area (Å²) < 4.78 is 5.19. The molecule has 140 valence electrons. The predicted octanol–water partition coefficient (Wildman–Crippen LogP) is 4.41. The lowest BCUT2D eigenvalue weighted by molar-refractivity contribution is -0.384. The van der Waals surface area contributed by atoms with Crippen LogP contribution in [0, 0.1) is 17.0 Å². The smallest absolute Gasteiger partial charge is 0.407 e. The monoisotopic (exact) mass is 367 g/mol. The number of carbonyl (C=O) groups excluding carboxylic acids is 1. The van der Waals surface area contributed by atoms with Crippen LogP contribution in [-0.2, 0) is 11.3 Å². The van der Waals surface area contributed by atoms with Crippen LogP contribution in [0.5, 0.6) is 0 Å². The van der Waals surface area contributed by atoms with Gasteiger partial charge in [-0.3, -0.25) is 10.1 Å². The van der Waals surface area contributed by atoms with Crippen molar-refractivity contribution in [1.29, 1.82) is 0 Å². The van der Waals surface area contributed by atoms with Crippen molar-refractivity contribution >= 4 is 22.7 Å². The summed E-state index contributed by atoms with van der Waals surface area (Å²) in [6.45, 7) is 4.59. The van der Waals surface area contributed by atoms with Crippen molar-refractivity contribution < 1.29 is 14.5 Å². The number of H-pyrrole nitrogens is 1. The van der Waals surface area contributed by atoms with Gasteiger partial charge in [-0.25, -0.2) is 4.79 Å². The highest BCUT2D eigenvalue weighted by Crippen LogP contribution is 2.28. The van der Waals surface area contributed by atoms with Gasteiger partial charge in [0.15, 0.2) is 0 Å². The lowest BCUT2D eigenvalue weighted by Crippen LogP contribution is -2.28. The number of aromatic nitrogens is 1. The molecular formula is C20H21N3O4. The van der Waals surface area contributed by atoms with Gasteiger partial charge in [-0.1, -0.05) is 25.1 Å². The Morgan fingerprint density at radius 1 is 1.22 bits per heavy atom. The number of benzene rings is 2. The molecule has 3 aromatic rings. The van der Waals surface area contributed by atoms with Gasteiger partial charge >= 0.3 is 6.09 Å². The van der Waals surface area contributed by atoms with Gasteiger partial charge < -0.3 is 15.0 Å². The second-order valence-corrected chi connectivity index (χ2v) is 6.49. The second kappa shape index (κ2) is 7.90. The largest absolute Gasteiger partial charge is 0.445 e. The Morgan fingerprint density at radius 2 is 1.93 bits per heavy atom. The molecule has 2 aromatic carbocycles. The van der Waals surface area contributed by atoms with Crippen molar-refractivity contribution in [3.8, 4) is 0 Å². The molecule has 0 radical (unpaired) electrons. The number of nitro groups is 1. The van der Waals surface area contributed by atoms with E-state index in [0.717, 1.165) is 16.6 Å². The summed E-state index contributed by atoms with van der Waals surface area (Å²) in [6.07, 6.45) is -0.516. The van der Waals surface area contributed by atoms with Crippen molar-refractivity contribution in [2.45, 2.75) is 26.4 Å². The van der Waals surface area contributed by atoms with Crippen molar-refractivity contribution in [2.24, 2.45) is 0 Å². The zero-order chi connectivity index (χ0) is 19.4. The van der Waals surface area contributed by atoms with E-state index in [4.69, 9.17) is 4.74 Å². The van der Waals surface area contributed by atoms with Crippen molar-refractivity contribution in [3.05, 3.63) is 75.5 Å². The van der Waals surface area contributed by atoms with E-state index in [-0.39, 0.29) is 18.2 Å². The van der Waals surface area contributed by atoms with E-state index in [9.17, 15) is 14.9 Å². The number of para-hydroxylation sites is 1. The molecule has 0 unspecified atom stereocenters. The molecule has 0 fully saturated rings. The molecule has 0 bridgehead atoms. The Kier molecular flexibility index (Phi) is 5.40. The molecule has 3 rings (SSSR count). The highest BCUT2D eigenvalue weighted by molar-refractivity contribution is 5.85. The molecule has 2 N–H and O–H groups in total. The van der Waals surface area contributed by atoms with Crippen LogP contribution in [-0.4, -0.2) is 22.5 Å². The Bertz CT molecular complexity index is 963. The van der Waals surface area contributed by atoms with E-state index in [2.05, 4.69) is 23.3 Å². The Morgan fingerprint density at radius 3 is 2.63 bits per heavy atom. The van der Waals surface area contributed by atoms with Gasteiger partial charge in [0.1, 0.15) is 6.61 Å². The number of nitrogens with zero attached hydrogens (tertiary/aromatic N) is 1. The van der Waals surface area contributed by atoms with Gasteiger partial charge in [-0.05, 0) is 36.2 Å². The van der Waals surface area contributed by atoms with Gasteiger partial charge in [0.2, 0.25) is 0 Å². The highest BCUT2D eigenvalue weighted by atomic mass is 16.6. The molecule has 0 aliphatic carbocycles. The van der Waals surface area contributed by atoms with Crippen molar-refractivity contribution in [2.75, 3.05) is 6.54 Å². The third-order valence-electron chi connectivity index (χ3n) is 4.51. The third kappa shape index (κ3) is 4.25. The normalized spacial score (nSPS) is 11.9. The fourth-order valence-electron chi connectivity index (χ4n) is 3.19. The van der Waals surface area contributed by atoms with E-state index >= 15 is 0 Å². The zero-order valence-corrected chi connectivity index (χ0v) is 15.2. The minimum atomic E-state index is -0.516. The molecule has 7 nitrogen and oxygen atoms in total. The maximum atomic E-state index is 12.0. The number of alkyl carbamates (subject to hydrolysis) is 1. The second-order valence-electron chi connectivity index (χ2n) is 6.49. The van der Waals surface area contributed by atoms with Crippen LogP contribution in [0.3, 0.4) is 0 Å². The average Bonchev–Trinajstić information content (AvgIpc) is 3.00. The molecule has 0 aliphatic rings. The summed E-state index contributed by atoms with van der Waals surface area (Å²) in [7, 11) is 0. The number of non-ortho nitro benzene ring substituents is 1. The maximum Gasteiger partial charge on any atom is 0.407 e. The number of amides is 1. The molecule has 27 heavy (non-hydrogen) atoms. The maximum absolute atomic E-state index is 12.0. The standard InChI is InChI=1S/C20H21N3O4/c1-13(19-14(2)22-18-6-4-3-5-17(18)19)11-21-20(24)27-12-15-7-9-16(10-8-15)23(25)26/h3-10,13,22H,11-12H2,1-2H3,(H,21,24)/t13-/m1/s1. The molecule has 1 atom stereocenters. The summed E-state index contributed by atoms with van der Waals surface area (Å²) in [5, 5.41) is 14.6. The predicted molar refractivity (Wildman–Crippen MR) is 103 cm³/mol. The Hall–Kier alpha value is -3.35. The van der Waals surface area contributed by atoms with Crippen LogP contribution < -0.4 is 5.32 Å². The van der Waals surface area contributed by atoms with E-state index in [0.29, 0.717) is 12.1 Å². The number of carbonyl (C=O) groups is 1. The minimum absolute atomic E-state index is 0.00567. The topological polar surface area (TPSA) is 97.3 Å². The van der Waals surface area contributed by atoms with Gasteiger partial charge in [0.05, 0.1) is 4.92 Å². The zero-order valence-electron chi connectivity index (χ0n) is 15.2. The van der Waals surface area contributed by atoms with Crippen LogP contribution in [0.2, 0.25) is 0 Å². The highest BCUT2D eigenvalue weighted by Gasteiger charge is 2.16. The fourth-order valence-corrected chi connectivity index (χ4v) is 3.19. The number of aryl methyl sites for hydroxylation is 1. The summed E-state index contributed by atoms with van der Waals surface area (Å²) in [6, 6.07) is 14.0. The first-order valence-corrected chi connectivity index (χ1v) is 8.67. The van der Waals surface area contributed by atoms with E-state index in [1.807, 2.05) is 25.1 Å². The summed E-state index contributed by atoms with van der Waals surface area (Å²) in [4.78, 5) is 25.5. The quantitative estimate of drug-likeness (QED) is 0.498. The molecule has 0 aliphatic heterocycles. The molecule has 0 spiro atoms. The van der Waals surface area contributed by atoms with Gasteiger partial charge in [0.25, 0.3) is 5.69 Å².